The maximum absolute atomic E-state index is 12.1. The number of carbonyl (C=O) groups excluding carboxylic acids is 2. The monoisotopic (exact) mass is 233 g/mol. The van der Waals surface area contributed by atoms with Crippen LogP contribution in [-0.4, -0.2) is 23.2 Å². The van der Waals surface area contributed by atoms with E-state index in [9.17, 15) is 9.59 Å². The summed E-state index contributed by atoms with van der Waals surface area (Å²) in [7, 11) is 3.22. The van der Waals surface area contributed by atoms with E-state index in [1.807, 2.05) is 25.5 Å². The summed E-state index contributed by atoms with van der Waals surface area (Å²) in [5.74, 6) is -0.240. The van der Waals surface area contributed by atoms with Gasteiger partial charge in [0.05, 0.1) is 12.7 Å². The van der Waals surface area contributed by atoms with Crippen LogP contribution in [0.15, 0.2) is 11.8 Å². The third kappa shape index (κ3) is 1.44. The molecule has 0 aliphatic heterocycles. The summed E-state index contributed by atoms with van der Waals surface area (Å²) in [5, 5.41) is 0. The minimum atomic E-state index is -0.199. The highest BCUT2D eigenvalue weighted by Crippen LogP contribution is 2.29. The zero-order valence-corrected chi connectivity index (χ0v) is 10.5. The van der Waals surface area contributed by atoms with Crippen LogP contribution in [0, 0.1) is 6.92 Å². The fourth-order valence-electron chi connectivity index (χ4n) is 2.47. The van der Waals surface area contributed by atoms with Crippen molar-refractivity contribution in [2.75, 3.05) is 7.11 Å². The Balaban J connectivity index is 2.74. The number of carbonyl (C=O) groups is 2. The van der Waals surface area contributed by atoms with Gasteiger partial charge in [-0.05, 0) is 18.9 Å². The molecule has 1 aromatic heterocycles. The summed E-state index contributed by atoms with van der Waals surface area (Å²) >= 11 is 0. The molecule has 90 valence electrons. The maximum Gasteiger partial charge on any atom is 0.230 e. The number of hydrogen-bond donors (Lipinski definition) is 0. The maximum atomic E-state index is 12.1. The molecule has 0 radical (unpaired) electrons. The third-order valence-corrected chi connectivity index (χ3v) is 3.29. The Bertz CT molecular complexity index is 550. The third-order valence-electron chi connectivity index (χ3n) is 3.29. The molecule has 1 aliphatic carbocycles. The van der Waals surface area contributed by atoms with Gasteiger partial charge in [-0.3, -0.25) is 9.59 Å². The fraction of sp³-hybridized carbons (Fsp3) is 0.385. The van der Waals surface area contributed by atoms with Crippen LogP contribution in [0.5, 0.6) is 0 Å². The van der Waals surface area contributed by atoms with Gasteiger partial charge in [-0.1, -0.05) is 6.92 Å². The number of aromatic nitrogens is 1. The SMILES string of the molecule is CCc1c(C)c2c(n1C)C(=O)C=C(OC)C2=O. The zero-order valence-electron chi connectivity index (χ0n) is 10.5. The van der Waals surface area contributed by atoms with Crippen LogP contribution in [0.2, 0.25) is 0 Å². The zero-order chi connectivity index (χ0) is 12.7. The number of rotatable bonds is 2. The summed E-state index contributed by atoms with van der Waals surface area (Å²) in [5.41, 5.74) is 2.87. The highest BCUT2D eigenvalue weighted by atomic mass is 16.5. The molecular formula is C13H15NO3. The lowest BCUT2D eigenvalue weighted by Crippen LogP contribution is -2.19. The molecule has 2 rings (SSSR count). The van der Waals surface area contributed by atoms with Gasteiger partial charge < -0.3 is 9.30 Å². The Kier molecular flexibility index (Phi) is 2.65. The van der Waals surface area contributed by atoms with Crippen molar-refractivity contribution in [2.24, 2.45) is 7.05 Å². The smallest absolute Gasteiger partial charge is 0.230 e. The number of fused-ring (bicyclic) bond motifs is 1. The van der Waals surface area contributed by atoms with E-state index < -0.39 is 0 Å². The molecule has 1 aliphatic rings. The average molecular weight is 233 g/mol. The largest absolute Gasteiger partial charge is 0.492 e. The average Bonchev–Trinajstić information content (AvgIpc) is 2.56. The van der Waals surface area contributed by atoms with Crippen LogP contribution in [0.4, 0.5) is 0 Å². The van der Waals surface area contributed by atoms with Crippen molar-refractivity contribution >= 4 is 11.6 Å². The molecule has 0 N–H and O–H groups in total. The summed E-state index contributed by atoms with van der Waals surface area (Å²) in [6, 6.07) is 0. The molecule has 0 bridgehead atoms. The first-order valence-electron chi connectivity index (χ1n) is 5.55. The molecule has 4 nitrogen and oxygen atoms in total. The molecule has 1 aromatic rings. The summed E-state index contributed by atoms with van der Waals surface area (Å²) in [4.78, 5) is 24.1. The predicted molar refractivity (Wildman–Crippen MR) is 63.3 cm³/mol. The Hall–Kier alpha value is -1.84. The van der Waals surface area contributed by atoms with Crippen LogP contribution in [0.1, 0.15) is 39.0 Å². The quantitative estimate of drug-likeness (QED) is 0.782. The van der Waals surface area contributed by atoms with E-state index in [0.29, 0.717) is 11.3 Å². The number of allylic oxidation sites excluding steroid dienone is 2. The second-order valence-corrected chi connectivity index (χ2v) is 4.11. The second kappa shape index (κ2) is 3.87. The normalized spacial score (nSPS) is 14.7. The lowest BCUT2D eigenvalue weighted by molar-refractivity contribution is 0.0913. The van der Waals surface area contributed by atoms with Gasteiger partial charge >= 0.3 is 0 Å². The first kappa shape index (κ1) is 11.6. The van der Waals surface area contributed by atoms with Gasteiger partial charge in [0.25, 0.3) is 0 Å². The number of methoxy groups -OCH3 is 1. The molecular weight excluding hydrogens is 218 g/mol. The summed E-state index contributed by atoms with van der Waals surface area (Å²) in [6.45, 7) is 3.88. The molecule has 0 saturated heterocycles. The van der Waals surface area contributed by atoms with E-state index >= 15 is 0 Å². The highest BCUT2D eigenvalue weighted by Gasteiger charge is 2.32. The van der Waals surface area contributed by atoms with Gasteiger partial charge in [-0.25, -0.2) is 0 Å². The van der Waals surface area contributed by atoms with Crippen molar-refractivity contribution in [3.05, 3.63) is 34.3 Å². The van der Waals surface area contributed by atoms with E-state index in [4.69, 9.17) is 4.74 Å². The fourth-order valence-corrected chi connectivity index (χ4v) is 2.47. The van der Waals surface area contributed by atoms with Crippen molar-refractivity contribution < 1.29 is 14.3 Å². The standard InChI is InChI=1S/C13H15NO3/c1-5-8-7(2)11-12(14(8)3)9(15)6-10(17-4)13(11)16/h6H,5H2,1-4H3. The van der Waals surface area contributed by atoms with Crippen LogP contribution < -0.4 is 0 Å². The summed E-state index contributed by atoms with van der Waals surface area (Å²) in [6.07, 6.45) is 2.06. The molecule has 0 atom stereocenters. The topological polar surface area (TPSA) is 48.3 Å². The van der Waals surface area contributed by atoms with Gasteiger partial charge in [0.2, 0.25) is 11.6 Å². The molecule has 0 aromatic carbocycles. The van der Waals surface area contributed by atoms with E-state index in [0.717, 1.165) is 17.7 Å². The predicted octanol–water partition coefficient (Wildman–Crippen LogP) is 1.81. The van der Waals surface area contributed by atoms with Gasteiger partial charge in [0, 0.05) is 18.8 Å². The van der Waals surface area contributed by atoms with E-state index in [2.05, 4.69) is 0 Å². The molecule has 0 spiro atoms. The highest BCUT2D eigenvalue weighted by molar-refractivity contribution is 6.24. The number of hydrogen-bond acceptors (Lipinski definition) is 3. The van der Waals surface area contributed by atoms with Crippen LogP contribution in [-0.2, 0) is 18.2 Å². The summed E-state index contributed by atoms with van der Waals surface area (Å²) < 4.78 is 6.76. The first-order valence-corrected chi connectivity index (χ1v) is 5.55. The van der Waals surface area contributed by atoms with E-state index in [1.54, 1.807) is 0 Å². The van der Waals surface area contributed by atoms with Crippen molar-refractivity contribution in [1.82, 2.24) is 4.57 Å². The second-order valence-electron chi connectivity index (χ2n) is 4.11. The molecule has 0 fully saturated rings. The molecule has 4 heteroatoms. The lowest BCUT2D eigenvalue weighted by atomic mass is 9.96. The van der Waals surface area contributed by atoms with Crippen molar-refractivity contribution in [3.8, 4) is 0 Å². The van der Waals surface area contributed by atoms with E-state index in [1.165, 1.54) is 13.2 Å². The minimum absolute atomic E-state index is 0.124. The van der Waals surface area contributed by atoms with Crippen LogP contribution in [0.3, 0.4) is 0 Å². The van der Waals surface area contributed by atoms with Crippen molar-refractivity contribution in [3.63, 3.8) is 0 Å². The van der Waals surface area contributed by atoms with Gasteiger partial charge in [0.1, 0.15) is 5.69 Å². The Labute approximate surface area is 99.9 Å². The van der Waals surface area contributed by atoms with Gasteiger partial charge in [-0.15, -0.1) is 0 Å². The number of Topliss-reactive ketones (excluding diaryl/α,β-unsaturated/α-hetero) is 1. The Morgan fingerprint density at radius 1 is 1.35 bits per heavy atom. The number of nitrogens with zero attached hydrogens (tertiary/aromatic N) is 1. The molecule has 0 saturated carbocycles. The van der Waals surface area contributed by atoms with Crippen molar-refractivity contribution in [2.45, 2.75) is 20.3 Å². The molecule has 1 heterocycles. The molecule has 0 amide bonds. The van der Waals surface area contributed by atoms with Gasteiger partial charge in [-0.2, -0.15) is 0 Å². The van der Waals surface area contributed by atoms with E-state index in [-0.39, 0.29) is 17.3 Å². The first-order chi connectivity index (χ1) is 8.02. The van der Waals surface area contributed by atoms with Crippen molar-refractivity contribution in [1.29, 1.82) is 0 Å². The van der Waals surface area contributed by atoms with Gasteiger partial charge in [0.15, 0.2) is 5.76 Å². The Morgan fingerprint density at radius 2 is 2.00 bits per heavy atom. The number of ether oxygens (including phenoxy) is 1. The number of ketones is 2. The Morgan fingerprint density at radius 3 is 2.53 bits per heavy atom. The van der Waals surface area contributed by atoms with Crippen LogP contribution >= 0.6 is 0 Å². The molecule has 17 heavy (non-hydrogen) atoms. The molecule has 0 unspecified atom stereocenters. The lowest BCUT2D eigenvalue weighted by Gasteiger charge is -2.12. The van der Waals surface area contributed by atoms with Crippen LogP contribution in [0.25, 0.3) is 0 Å². The minimum Gasteiger partial charge on any atom is -0.492 e.